The van der Waals surface area contributed by atoms with Crippen LogP contribution in [0.1, 0.15) is 49.9 Å². The van der Waals surface area contributed by atoms with E-state index in [-0.39, 0.29) is 6.04 Å². The van der Waals surface area contributed by atoms with Crippen LogP contribution in [0.2, 0.25) is 0 Å². The minimum absolute atomic E-state index is 0.0722. The van der Waals surface area contributed by atoms with Gasteiger partial charge in [-0.2, -0.15) is 0 Å². The van der Waals surface area contributed by atoms with Crippen LogP contribution in [0.15, 0.2) is 24.3 Å². The number of esters is 1. The van der Waals surface area contributed by atoms with Crippen LogP contribution in [0, 0.1) is 5.92 Å². The molecular formula is C19H26N2O5. The zero-order valence-corrected chi connectivity index (χ0v) is 15.2. The van der Waals surface area contributed by atoms with Crippen LogP contribution in [0.5, 0.6) is 5.75 Å². The van der Waals surface area contributed by atoms with Crippen LogP contribution in [0.25, 0.3) is 0 Å². The third-order valence-electron chi connectivity index (χ3n) is 4.42. The molecule has 0 spiro atoms. The van der Waals surface area contributed by atoms with E-state index in [0.717, 1.165) is 19.3 Å². The lowest BCUT2D eigenvalue weighted by Crippen LogP contribution is -2.48. The first-order valence-corrected chi connectivity index (χ1v) is 9.00. The van der Waals surface area contributed by atoms with E-state index in [2.05, 4.69) is 17.6 Å². The van der Waals surface area contributed by atoms with Crippen LogP contribution in [-0.2, 0) is 9.53 Å². The number of urea groups is 1. The molecule has 3 amide bonds. The molecule has 0 radical (unpaired) electrons. The third-order valence-corrected chi connectivity index (χ3v) is 4.42. The smallest absolute Gasteiger partial charge is 0.338 e. The van der Waals surface area contributed by atoms with Crippen molar-refractivity contribution in [2.75, 3.05) is 13.2 Å². The standard InChI is InChI=1S/C19H26N2O5/c1-3-25-15-10-8-14(9-11-15)18(23)26-12-17(22)21-19(24)20-16-7-5-4-6-13(16)2/h8-11,13,16H,3-7,12H2,1-2H3,(H2,20,21,22,24)/t13-,16+/m1/s1. The summed E-state index contributed by atoms with van der Waals surface area (Å²) in [5, 5.41) is 5.01. The number of nitrogens with one attached hydrogen (secondary N) is 2. The van der Waals surface area contributed by atoms with Crippen molar-refractivity contribution in [2.24, 2.45) is 5.92 Å². The Hall–Kier alpha value is -2.57. The van der Waals surface area contributed by atoms with E-state index in [0.29, 0.717) is 23.8 Å². The van der Waals surface area contributed by atoms with Gasteiger partial charge in [0.15, 0.2) is 6.61 Å². The molecule has 1 aromatic carbocycles. The third kappa shape index (κ3) is 6.06. The number of amides is 3. The van der Waals surface area contributed by atoms with Gasteiger partial charge in [0.2, 0.25) is 0 Å². The lowest BCUT2D eigenvalue weighted by Gasteiger charge is -2.29. The lowest BCUT2D eigenvalue weighted by molar-refractivity contribution is -0.123. The Labute approximate surface area is 153 Å². The Kier molecular flexibility index (Phi) is 7.44. The molecule has 0 bridgehead atoms. The summed E-state index contributed by atoms with van der Waals surface area (Å²) < 4.78 is 10.2. The van der Waals surface area contributed by atoms with Crippen molar-refractivity contribution >= 4 is 17.9 Å². The molecule has 7 nitrogen and oxygen atoms in total. The maximum Gasteiger partial charge on any atom is 0.338 e. The van der Waals surface area contributed by atoms with Crippen LogP contribution in [0.3, 0.4) is 0 Å². The number of ether oxygens (including phenoxy) is 2. The number of hydrogen-bond acceptors (Lipinski definition) is 5. The molecule has 0 aliphatic heterocycles. The van der Waals surface area contributed by atoms with Gasteiger partial charge in [-0.05, 0) is 49.9 Å². The zero-order chi connectivity index (χ0) is 18.9. The Morgan fingerprint density at radius 2 is 1.81 bits per heavy atom. The largest absolute Gasteiger partial charge is 0.494 e. The molecule has 2 atom stereocenters. The highest BCUT2D eigenvalue weighted by Crippen LogP contribution is 2.23. The second kappa shape index (κ2) is 9.79. The molecule has 142 valence electrons. The van der Waals surface area contributed by atoms with Crippen LogP contribution < -0.4 is 15.4 Å². The van der Waals surface area contributed by atoms with E-state index in [9.17, 15) is 14.4 Å². The second-order valence-corrected chi connectivity index (χ2v) is 6.42. The summed E-state index contributed by atoms with van der Waals surface area (Å²) in [6.07, 6.45) is 4.22. The fourth-order valence-corrected chi connectivity index (χ4v) is 2.97. The van der Waals surface area contributed by atoms with Gasteiger partial charge in [0.25, 0.3) is 5.91 Å². The maximum absolute atomic E-state index is 11.9. The Bertz CT molecular complexity index is 629. The van der Waals surface area contributed by atoms with Crippen molar-refractivity contribution in [3.05, 3.63) is 29.8 Å². The van der Waals surface area contributed by atoms with Gasteiger partial charge in [0.05, 0.1) is 12.2 Å². The normalized spacial score (nSPS) is 19.3. The van der Waals surface area contributed by atoms with Gasteiger partial charge in [-0.15, -0.1) is 0 Å². The Morgan fingerprint density at radius 3 is 2.46 bits per heavy atom. The number of benzene rings is 1. The monoisotopic (exact) mass is 362 g/mol. The molecule has 2 N–H and O–H groups in total. The predicted molar refractivity (Wildman–Crippen MR) is 96.0 cm³/mol. The Morgan fingerprint density at radius 1 is 1.12 bits per heavy atom. The number of rotatable bonds is 6. The fourth-order valence-electron chi connectivity index (χ4n) is 2.97. The van der Waals surface area contributed by atoms with Crippen LogP contribution in [0.4, 0.5) is 4.79 Å². The molecule has 1 aromatic rings. The zero-order valence-electron chi connectivity index (χ0n) is 15.2. The summed E-state index contributed by atoms with van der Waals surface area (Å²) in [6.45, 7) is 3.97. The van der Waals surface area contributed by atoms with Crippen LogP contribution >= 0.6 is 0 Å². The molecule has 0 heterocycles. The highest BCUT2D eigenvalue weighted by molar-refractivity contribution is 5.97. The van der Waals surface area contributed by atoms with Gasteiger partial charge in [0.1, 0.15) is 5.75 Å². The van der Waals surface area contributed by atoms with Gasteiger partial charge in [-0.3, -0.25) is 10.1 Å². The highest BCUT2D eigenvalue weighted by Gasteiger charge is 2.23. The average Bonchev–Trinajstić information content (AvgIpc) is 2.62. The average molecular weight is 362 g/mol. The van der Waals surface area contributed by atoms with Gasteiger partial charge in [0, 0.05) is 6.04 Å². The van der Waals surface area contributed by atoms with Crippen molar-refractivity contribution in [3.63, 3.8) is 0 Å². The lowest BCUT2D eigenvalue weighted by atomic mass is 9.86. The predicted octanol–water partition coefficient (Wildman–Crippen LogP) is 2.65. The summed E-state index contributed by atoms with van der Waals surface area (Å²) >= 11 is 0. The molecule has 0 saturated heterocycles. The van der Waals surface area contributed by atoms with Gasteiger partial charge < -0.3 is 14.8 Å². The summed E-state index contributed by atoms with van der Waals surface area (Å²) in [5.41, 5.74) is 0.307. The number of carbonyl (C=O) groups excluding carboxylic acids is 3. The molecular weight excluding hydrogens is 336 g/mol. The van der Waals surface area contributed by atoms with Gasteiger partial charge in [-0.1, -0.05) is 19.8 Å². The first-order chi connectivity index (χ1) is 12.5. The molecule has 7 heteroatoms. The number of carbonyl (C=O) groups is 3. The van der Waals surface area contributed by atoms with E-state index < -0.39 is 24.5 Å². The molecule has 0 unspecified atom stereocenters. The maximum atomic E-state index is 11.9. The van der Waals surface area contributed by atoms with E-state index in [4.69, 9.17) is 9.47 Å². The van der Waals surface area contributed by atoms with E-state index in [1.807, 2.05) is 6.92 Å². The topological polar surface area (TPSA) is 93.7 Å². The van der Waals surface area contributed by atoms with Gasteiger partial charge >= 0.3 is 12.0 Å². The quantitative estimate of drug-likeness (QED) is 0.759. The first kappa shape index (κ1) is 19.8. The highest BCUT2D eigenvalue weighted by atomic mass is 16.5. The SMILES string of the molecule is CCOc1ccc(C(=O)OCC(=O)NC(=O)N[C@H]2CCCC[C@H]2C)cc1. The summed E-state index contributed by atoms with van der Waals surface area (Å²) in [7, 11) is 0. The minimum atomic E-state index is -0.662. The molecule has 1 aliphatic rings. The van der Waals surface area contributed by atoms with Gasteiger partial charge in [-0.25, -0.2) is 9.59 Å². The van der Waals surface area contributed by atoms with Crippen molar-refractivity contribution < 1.29 is 23.9 Å². The number of imide groups is 1. The number of hydrogen-bond donors (Lipinski definition) is 2. The molecule has 1 fully saturated rings. The van der Waals surface area contributed by atoms with Crippen molar-refractivity contribution in [3.8, 4) is 5.75 Å². The molecule has 2 rings (SSSR count). The summed E-state index contributed by atoms with van der Waals surface area (Å²) in [4.78, 5) is 35.6. The van der Waals surface area contributed by atoms with Crippen molar-refractivity contribution in [1.29, 1.82) is 0 Å². The first-order valence-electron chi connectivity index (χ1n) is 9.00. The van der Waals surface area contributed by atoms with Crippen molar-refractivity contribution in [2.45, 2.75) is 45.6 Å². The molecule has 1 aliphatic carbocycles. The van der Waals surface area contributed by atoms with E-state index in [1.165, 1.54) is 6.42 Å². The minimum Gasteiger partial charge on any atom is -0.494 e. The van der Waals surface area contributed by atoms with E-state index >= 15 is 0 Å². The van der Waals surface area contributed by atoms with Crippen LogP contribution in [-0.4, -0.2) is 37.2 Å². The summed E-state index contributed by atoms with van der Waals surface area (Å²) in [6, 6.07) is 5.94. The van der Waals surface area contributed by atoms with E-state index in [1.54, 1.807) is 24.3 Å². The molecule has 26 heavy (non-hydrogen) atoms. The van der Waals surface area contributed by atoms with Crippen molar-refractivity contribution in [1.82, 2.24) is 10.6 Å². The molecule has 0 aromatic heterocycles. The Balaban J connectivity index is 1.73. The fraction of sp³-hybridized carbons (Fsp3) is 0.526. The second-order valence-electron chi connectivity index (χ2n) is 6.42. The molecule has 1 saturated carbocycles. The summed E-state index contributed by atoms with van der Waals surface area (Å²) in [5.74, 6) is -0.257.